The molecule has 19 atom stereocenters. The fraction of sp³-hybridized carbons (Fsp3) is 0.933. The molecule has 0 aromatic rings. The molecule has 0 aromatic carbocycles. The Labute approximate surface area is 444 Å². The first kappa shape index (κ1) is 60.1. The van der Waals surface area contributed by atoms with Gasteiger partial charge in [0.1, 0.15) is 48.8 Å². The SMILES string of the molecule is CCCCCCCCCCCCCCCCCCOC(=O)[C@@]1(C)CC[C@]2(C)CC[C@]3(C)C(=CC(=O)[C@@H]4[C@@]5(C)CC[C@H](O[C@@H]6O[C@H](CO)[C@@H](O[C@@H]7O[C@H](CO)[C@H](O)[C@H](O)[C@H]7O)[C@H](O)[C@H]6O)C(C)(C)[C@@H]5CC[C@]43C)[C@@H]2C1. The minimum atomic E-state index is -1.76. The average molecular weight is 1050 g/mol. The lowest BCUT2D eigenvalue weighted by Gasteiger charge is -2.70. The molecule has 0 spiro atoms. The van der Waals surface area contributed by atoms with E-state index in [-0.39, 0.29) is 51.2 Å². The van der Waals surface area contributed by atoms with Gasteiger partial charge in [-0.1, -0.05) is 150 Å². The van der Waals surface area contributed by atoms with Gasteiger partial charge in [0, 0.05) is 5.92 Å². The summed E-state index contributed by atoms with van der Waals surface area (Å²) in [5, 5.41) is 74.1. The number of carbonyl (C=O) groups is 2. The molecule has 74 heavy (non-hydrogen) atoms. The fourth-order valence-electron chi connectivity index (χ4n) is 16.4. The molecule has 14 heteroatoms. The first-order valence-corrected chi connectivity index (χ1v) is 29.7. The second-order valence-corrected chi connectivity index (χ2v) is 26.7. The van der Waals surface area contributed by atoms with Gasteiger partial charge in [-0.3, -0.25) is 9.59 Å². The molecule has 7 rings (SSSR count). The summed E-state index contributed by atoms with van der Waals surface area (Å²) >= 11 is 0. The van der Waals surface area contributed by atoms with Crippen LogP contribution < -0.4 is 0 Å². The van der Waals surface area contributed by atoms with Crippen molar-refractivity contribution < 1.29 is 69.0 Å². The number of hydrogen-bond acceptors (Lipinski definition) is 14. The maximum absolute atomic E-state index is 15.2. The molecule has 0 amide bonds. The first-order valence-electron chi connectivity index (χ1n) is 29.7. The molecule has 7 N–H and O–H groups in total. The van der Waals surface area contributed by atoms with Crippen LogP contribution in [0.4, 0.5) is 0 Å². The van der Waals surface area contributed by atoms with Gasteiger partial charge in [-0.25, -0.2) is 0 Å². The van der Waals surface area contributed by atoms with E-state index in [2.05, 4.69) is 55.4 Å². The van der Waals surface area contributed by atoms with Gasteiger partial charge in [0.2, 0.25) is 0 Å². The van der Waals surface area contributed by atoms with Crippen molar-refractivity contribution in [2.24, 2.45) is 50.2 Å². The van der Waals surface area contributed by atoms with Crippen LogP contribution in [0.25, 0.3) is 0 Å². The number of esters is 1. The van der Waals surface area contributed by atoms with Crippen LogP contribution in [0.15, 0.2) is 11.6 Å². The third-order valence-corrected chi connectivity index (χ3v) is 21.5. The van der Waals surface area contributed by atoms with E-state index in [4.69, 9.17) is 23.7 Å². The zero-order chi connectivity index (χ0) is 53.9. The number of ether oxygens (including phenoxy) is 5. The van der Waals surface area contributed by atoms with Crippen LogP contribution in [0.2, 0.25) is 0 Å². The molecule has 4 saturated carbocycles. The predicted octanol–water partition coefficient (Wildman–Crippen LogP) is 8.78. The van der Waals surface area contributed by atoms with E-state index in [9.17, 15) is 40.5 Å². The third kappa shape index (κ3) is 11.8. The minimum absolute atomic E-state index is 0.00143. The Morgan fingerprint density at radius 1 is 0.622 bits per heavy atom. The molecule has 426 valence electrons. The topological polar surface area (TPSA) is 222 Å². The maximum Gasteiger partial charge on any atom is 0.311 e. The number of fused-ring (bicyclic) bond motifs is 7. The molecular formula is C60H102O14. The second kappa shape index (κ2) is 24.8. The van der Waals surface area contributed by atoms with Gasteiger partial charge in [0.15, 0.2) is 18.4 Å². The molecule has 6 fully saturated rings. The Hall–Kier alpha value is -1.56. The summed E-state index contributed by atoms with van der Waals surface area (Å²) < 4.78 is 30.1. The van der Waals surface area contributed by atoms with Gasteiger partial charge in [-0.15, -0.1) is 0 Å². The van der Waals surface area contributed by atoms with Crippen molar-refractivity contribution in [1.29, 1.82) is 0 Å². The fourth-order valence-corrected chi connectivity index (χ4v) is 16.4. The van der Waals surface area contributed by atoms with Crippen molar-refractivity contribution in [2.45, 2.75) is 283 Å². The highest BCUT2D eigenvalue weighted by molar-refractivity contribution is 5.95. The van der Waals surface area contributed by atoms with Crippen molar-refractivity contribution in [1.82, 2.24) is 0 Å². The second-order valence-electron chi connectivity index (χ2n) is 26.7. The highest BCUT2D eigenvalue weighted by Crippen LogP contribution is 2.75. The Kier molecular flexibility index (Phi) is 20.2. The molecule has 2 saturated heterocycles. The van der Waals surface area contributed by atoms with E-state index in [1.54, 1.807) is 0 Å². The van der Waals surface area contributed by atoms with E-state index in [0.717, 1.165) is 51.4 Å². The van der Waals surface area contributed by atoms with Gasteiger partial charge in [0.25, 0.3) is 0 Å². The van der Waals surface area contributed by atoms with Crippen LogP contribution in [0.1, 0.15) is 216 Å². The lowest BCUT2D eigenvalue weighted by Crippen LogP contribution is -2.67. The van der Waals surface area contributed by atoms with Crippen LogP contribution in [-0.4, -0.2) is 135 Å². The standard InChI is InChI=1S/C60H102O14/c1-9-10-11-12-13-14-15-16-17-18-19-20-21-22-23-24-33-70-54(69)57(5)30-29-56(4)31-32-59(7)38(39(56)35-57)34-40(63)51-58(6)27-26-44(55(2,3)43(58)25-28-60(51,59)8)73-52-49(68)47(66)50(42(37-62)72-52)74-53-48(67)46(65)45(64)41(36-61)71-53/h34,39,41-53,61-62,64-68H,9-33,35-37H2,1-8H3/t39-,41+,42+,43-,44-,45-,46-,47+,48+,49+,50+,51+,52-,53-,56+,57-,58-,59+,60+/m0/s1. The number of ketones is 1. The first-order chi connectivity index (χ1) is 35.1. The largest absolute Gasteiger partial charge is 0.465 e. The van der Waals surface area contributed by atoms with Crippen LogP contribution >= 0.6 is 0 Å². The van der Waals surface area contributed by atoms with Crippen molar-refractivity contribution in [2.75, 3.05) is 19.8 Å². The smallest absolute Gasteiger partial charge is 0.311 e. The number of hydrogen-bond donors (Lipinski definition) is 7. The van der Waals surface area contributed by atoms with Gasteiger partial charge in [-0.2, -0.15) is 0 Å². The summed E-state index contributed by atoms with van der Waals surface area (Å²) in [6.45, 7) is 17.3. The quantitative estimate of drug-likeness (QED) is 0.0273. The molecule has 5 aliphatic carbocycles. The number of rotatable bonds is 24. The van der Waals surface area contributed by atoms with E-state index in [1.165, 1.54) is 95.5 Å². The van der Waals surface area contributed by atoms with Crippen LogP contribution in [-0.2, 0) is 33.3 Å². The van der Waals surface area contributed by atoms with Crippen molar-refractivity contribution in [3.63, 3.8) is 0 Å². The Balaban J connectivity index is 0.934. The number of carbonyl (C=O) groups excluding carboxylic acids is 2. The zero-order valence-electron chi connectivity index (χ0n) is 46.9. The molecule has 2 aliphatic heterocycles. The van der Waals surface area contributed by atoms with Crippen molar-refractivity contribution in [3.05, 3.63) is 11.6 Å². The summed E-state index contributed by atoms with van der Waals surface area (Å²) in [6.07, 6.45) is 14.5. The van der Waals surface area contributed by atoms with E-state index < -0.39 is 91.6 Å². The van der Waals surface area contributed by atoms with Gasteiger partial charge in [0.05, 0.1) is 31.3 Å². The molecular weight excluding hydrogens is 945 g/mol. The normalized spacial score (nSPS) is 43.9. The molecule has 0 unspecified atom stereocenters. The average Bonchev–Trinajstić information content (AvgIpc) is 3.36. The van der Waals surface area contributed by atoms with Gasteiger partial charge in [-0.05, 0) is 116 Å². The number of aliphatic hydroxyl groups excluding tert-OH is 7. The molecule has 7 aliphatic rings. The van der Waals surface area contributed by atoms with E-state index >= 15 is 4.79 Å². The molecule has 14 nitrogen and oxygen atoms in total. The van der Waals surface area contributed by atoms with Crippen LogP contribution in [0.5, 0.6) is 0 Å². The molecule has 0 aromatic heterocycles. The Bertz CT molecular complexity index is 1870. The lowest BCUT2D eigenvalue weighted by atomic mass is 9.33. The molecule has 2 heterocycles. The van der Waals surface area contributed by atoms with Gasteiger partial charge >= 0.3 is 5.97 Å². The Morgan fingerprint density at radius 2 is 1.16 bits per heavy atom. The maximum atomic E-state index is 15.2. The highest BCUT2D eigenvalue weighted by atomic mass is 16.7. The summed E-state index contributed by atoms with van der Waals surface area (Å²) in [5.41, 5.74) is -0.786. The summed E-state index contributed by atoms with van der Waals surface area (Å²) in [6, 6.07) is 0. The number of allylic oxidation sites excluding steroid dienone is 2. The molecule has 0 bridgehead atoms. The predicted molar refractivity (Wildman–Crippen MR) is 281 cm³/mol. The summed E-state index contributed by atoms with van der Waals surface area (Å²) in [7, 11) is 0. The monoisotopic (exact) mass is 1050 g/mol. The number of unbranched alkanes of at least 4 members (excludes halogenated alkanes) is 15. The van der Waals surface area contributed by atoms with E-state index in [1.807, 2.05) is 6.08 Å². The van der Waals surface area contributed by atoms with Crippen LogP contribution in [0, 0.1) is 50.2 Å². The highest BCUT2D eigenvalue weighted by Gasteiger charge is 2.71. The summed E-state index contributed by atoms with van der Waals surface area (Å²) in [5.74, 6) is 0.0483. The van der Waals surface area contributed by atoms with E-state index in [0.29, 0.717) is 25.9 Å². The lowest BCUT2D eigenvalue weighted by molar-refractivity contribution is -0.368. The van der Waals surface area contributed by atoms with Crippen molar-refractivity contribution in [3.8, 4) is 0 Å². The Morgan fingerprint density at radius 3 is 1.76 bits per heavy atom. The number of aliphatic hydroxyl groups is 7. The van der Waals surface area contributed by atoms with Crippen LogP contribution in [0.3, 0.4) is 0 Å². The zero-order valence-corrected chi connectivity index (χ0v) is 46.9. The van der Waals surface area contributed by atoms with Crippen molar-refractivity contribution >= 4 is 11.8 Å². The molecule has 0 radical (unpaired) electrons. The summed E-state index contributed by atoms with van der Waals surface area (Å²) in [4.78, 5) is 29.3. The van der Waals surface area contributed by atoms with Gasteiger partial charge < -0.3 is 59.4 Å². The minimum Gasteiger partial charge on any atom is -0.465 e. The third-order valence-electron chi connectivity index (χ3n) is 21.5.